The first kappa shape index (κ1) is 12.8. The van der Waals surface area contributed by atoms with Gasteiger partial charge in [-0.1, -0.05) is 25.3 Å². The maximum atomic E-state index is 10.2. The topological polar surface area (TPSA) is 38.7 Å². The molecular formula is C16H22O3. The molecule has 0 bridgehead atoms. The third kappa shape index (κ3) is 2.20. The van der Waals surface area contributed by atoms with Crippen molar-refractivity contribution in [2.75, 3.05) is 7.11 Å². The molecule has 2 saturated carbocycles. The van der Waals surface area contributed by atoms with Gasteiger partial charge < -0.3 is 14.6 Å². The number of aliphatic hydroxyl groups is 1. The SMILES string of the molecule is COc1cccc(OC2CC(O)C23CCCCC3)c1. The van der Waals surface area contributed by atoms with E-state index in [1.165, 1.54) is 19.3 Å². The minimum atomic E-state index is -0.177. The van der Waals surface area contributed by atoms with Gasteiger partial charge in [0, 0.05) is 17.9 Å². The number of benzene rings is 1. The average molecular weight is 262 g/mol. The minimum absolute atomic E-state index is 0.0152. The minimum Gasteiger partial charge on any atom is -0.497 e. The van der Waals surface area contributed by atoms with Crippen LogP contribution in [0.1, 0.15) is 38.5 Å². The van der Waals surface area contributed by atoms with Gasteiger partial charge in [-0.25, -0.2) is 0 Å². The van der Waals surface area contributed by atoms with Crippen LogP contribution in [0.25, 0.3) is 0 Å². The highest BCUT2D eigenvalue weighted by Crippen LogP contribution is 2.53. The van der Waals surface area contributed by atoms with E-state index >= 15 is 0 Å². The Bertz CT molecular complexity index is 437. The van der Waals surface area contributed by atoms with Crippen LogP contribution in [-0.2, 0) is 0 Å². The lowest BCUT2D eigenvalue weighted by Gasteiger charge is -2.55. The Kier molecular flexibility index (Phi) is 3.40. The van der Waals surface area contributed by atoms with E-state index in [0.29, 0.717) is 0 Å². The van der Waals surface area contributed by atoms with Crippen molar-refractivity contribution >= 4 is 0 Å². The second-order valence-electron chi connectivity index (χ2n) is 5.83. The first-order valence-corrected chi connectivity index (χ1v) is 7.23. The summed E-state index contributed by atoms with van der Waals surface area (Å²) in [6.45, 7) is 0. The quantitative estimate of drug-likeness (QED) is 0.909. The highest BCUT2D eigenvalue weighted by atomic mass is 16.5. The number of ether oxygens (including phenoxy) is 2. The largest absolute Gasteiger partial charge is 0.497 e. The lowest BCUT2D eigenvalue weighted by molar-refractivity contribution is -0.172. The molecule has 1 aromatic carbocycles. The van der Waals surface area contributed by atoms with Gasteiger partial charge in [0.1, 0.15) is 17.6 Å². The normalized spacial score (nSPS) is 28.7. The van der Waals surface area contributed by atoms with E-state index in [1.807, 2.05) is 24.3 Å². The smallest absolute Gasteiger partial charge is 0.123 e. The Morgan fingerprint density at radius 1 is 1.16 bits per heavy atom. The highest BCUT2D eigenvalue weighted by molar-refractivity contribution is 5.33. The Morgan fingerprint density at radius 2 is 1.89 bits per heavy atom. The van der Waals surface area contributed by atoms with Crippen molar-refractivity contribution in [1.29, 1.82) is 0 Å². The molecule has 3 heteroatoms. The van der Waals surface area contributed by atoms with Gasteiger partial charge in [0.15, 0.2) is 0 Å². The van der Waals surface area contributed by atoms with Gasteiger partial charge in [-0.05, 0) is 25.0 Å². The molecule has 1 spiro atoms. The molecule has 0 radical (unpaired) electrons. The van der Waals surface area contributed by atoms with Crippen LogP contribution in [0.2, 0.25) is 0 Å². The van der Waals surface area contributed by atoms with Crippen molar-refractivity contribution in [3.63, 3.8) is 0 Å². The maximum Gasteiger partial charge on any atom is 0.123 e. The number of methoxy groups -OCH3 is 1. The van der Waals surface area contributed by atoms with Crippen LogP contribution in [0.15, 0.2) is 24.3 Å². The lowest BCUT2D eigenvalue weighted by atomic mass is 9.56. The predicted molar refractivity (Wildman–Crippen MR) is 73.6 cm³/mol. The van der Waals surface area contributed by atoms with Gasteiger partial charge in [0.05, 0.1) is 13.2 Å². The predicted octanol–water partition coefficient (Wildman–Crippen LogP) is 3.16. The number of hydrogen-bond acceptors (Lipinski definition) is 3. The van der Waals surface area contributed by atoms with E-state index in [1.54, 1.807) is 7.11 Å². The molecule has 0 heterocycles. The van der Waals surface area contributed by atoms with Gasteiger partial charge in [0.25, 0.3) is 0 Å². The van der Waals surface area contributed by atoms with Crippen molar-refractivity contribution in [2.45, 2.75) is 50.7 Å². The van der Waals surface area contributed by atoms with Gasteiger partial charge in [-0.3, -0.25) is 0 Å². The molecule has 0 aromatic heterocycles. The van der Waals surface area contributed by atoms with Crippen LogP contribution in [0.3, 0.4) is 0 Å². The molecule has 1 N–H and O–H groups in total. The van der Waals surface area contributed by atoms with Crippen LogP contribution in [-0.4, -0.2) is 24.4 Å². The van der Waals surface area contributed by atoms with Crippen molar-refractivity contribution < 1.29 is 14.6 Å². The molecule has 2 aliphatic carbocycles. The summed E-state index contributed by atoms with van der Waals surface area (Å²) in [7, 11) is 1.66. The summed E-state index contributed by atoms with van der Waals surface area (Å²) in [5.74, 6) is 1.66. The molecule has 104 valence electrons. The van der Waals surface area contributed by atoms with Crippen LogP contribution in [0.4, 0.5) is 0 Å². The summed E-state index contributed by atoms with van der Waals surface area (Å²) in [5, 5.41) is 10.2. The molecule has 0 saturated heterocycles. The first-order chi connectivity index (χ1) is 9.24. The Labute approximate surface area is 114 Å². The Balaban J connectivity index is 1.72. The monoisotopic (exact) mass is 262 g/mol. The van der Waals surface area contributed by atoms with E-state index in [-0.39, 0.29) is 17.6 Å². The molecule has 2 aliphatic rings. The van der Waals surface area contributed by atoms with Crippen molar-refractivity contribution in [3.05, 3.63) is 24.3 Å². The summed E-state index contributed by atoms with van der Waals surface area (Å²) in [4.78, 5) is 0. The van der Waals surface area contributed by atoms with Crippen molar-refractivity contribution in [1.82, 2.24) is 0 Å². The standard InChI is InChI=1S/C16H22O3/c1-18-12-6-5-7-13(10-12)19-15-11-14(17)16(15)8-3-2-4-9-16/h5-7,10,14-15,17H,2-4,8-9,11H2,1H3. The molecule has 0 aliphatic heterocycles. The number of aliphatic hydroxyl groups excluding tert-OH is 1. The Morgan fingerprint density at radius 3 is 2.58 bits per heavy atom. The molecule has 19 heavy (non-hydrogen) atoms. The third-order valence-corrected chi connectivity index (χ3v) is 4.85. The molecule has 2 fully saturated rings. The van der Waals surface area contributed by atoms with E-state index in [2.05, 4.69) is 0 Å². The summed E-state index contributed by atoms with van der Waals surface area (Å²) in [6, 6.07) is 7.74. The fraction of sp³-hybridized carbons (Fsp3) is 0.625. The van der Waals surface area contributed by atoms with Crippen molar-refractivity contribution in [2.24, 2.45) is 5.41 Å². The average Bonchev–Trinajstić information content (AvgIpc) is 2.48. The second kappa shape index (κ2) is 5.04. The van der Waals surface area contributed by atoms with E-state index in [4.69, 9.17) is 9.47 Å². The van der Waals surface area contributed by atoms with Gasteiger partial charge >= 0.3 is 0 Å². The zero-order chi connectivity index (χ0) is 13.3. The van der Waals surface area contributed by atoms with E-state index in [0.717, 1.165) is 30.8 Å². The second-order valence-corrected chi connectivity index (χ2v) is 5.83. The first-order valence-electron chi connectivity index (χ1n) is 7.23. The van der Waals surface area contributed by atoms with Gasteiger partial charge in [-0.15, -0.1) is 0 Å². The van der Waals surface area contributed by atoms with Crippen LogP contribution in [0, 0.1) is 5.41 Å². The van der Waals surface area contributed by atoms with Crippen LogP contribution >= 0.6 is 0 Å². The summed E-state index contributed by atoms with van der Waals surface area (Å²) < 4.78 is 11.3. The molecule has 0 amide bonds. The summed E-state index contributed by atoms with van der Waals surface area (Å²) >= 11 is 0. The van der Waals surface area contributed by atoms with Crippen molar-refractivity contribution in [3.8, 4) is 11.5 Å². The summed E-state index contributed by atoms with van der Waals surface area (Å²) in [6.07, 6.45) is 6.67. The molecule has 2 unspecified atom stereocenters. The molecule has 3 rings (SSSR count). The molecule has 3 nitrogen and oxygen atoms in total. The lowest BCUT2D eigenvalue weighted by Crippen LogP contribution is -2.60. The number of rotatable bonds is 3. The Hall–Kier alpha value is -1.22. The zero-order valence-electron chi connectivity index (χ0n) is 11.5. The highest BCUT2D eigenvalue weighted by Gasteiger charge is 2.56. The molecule has 2 atom stereocenters. The van der Waals surface area contributed by atoms with E-state index < -0.39 is 0 Å². The summed E-state index contributed by atoms with van der Waals surface area (Å²) in [5.41, 5.74) is 0.0152. The maximum absolute atomic E-state index is 10.2. The fourth-order valence-electron chi connectivity index (χ4n) is 3.60. The van der Waals surface area contributed by atoms with Crippen LogP contribution in [0.5, 0.6) is 11.5 Å². The van der Waals surface area contributed by atoms with Gasteiger partial charge in [0.2, 0.25) is 0 Å². The molecule has 1 aromatic rings. The van der Waals surface area contributed by atoms with E-state index in [9.17, 15) is 5.11 Å². The zero-order valence-corrected chi connectivity index (χ0v) is 11.5. The number of hydrogen-bond donors (Lipinski definition) is 1. The van der Waals surface area contributed by atoms with Crippen LogP contribution < -0.4 is 9.47 Å². The van der Waals surface area contributed by atoms with Gasteiger partial charge in [-0.2, -0.15) is 0 Å². The fourth-order valence-corrected chi connectivity index (χ4v) is 3.60. The third-order valence-electron chi connectivity index (χ3n) is 4.85. The molecular weight excluding hydrogens is 240 g/mol.